The monoisotopic (exact) mass is 446 g/mol. The molecule has 32 heavy (non-hydrogen) atoms. The second-order valence-corrected chi connectivity index (χ2v) is 8.81. The maximum absolute atomic E-state index is 12.8. The lowest BCUT2D eigenvalue weighted by atomic mass is 10.1. The van der Waals surface area contributed by atoms with E-state index in [1.54, 1.807) is 24.3 Å². The number of anilines is 1. The number of hydrogen-bond acceptors (Lipinski definition) is 7. The molecule has 1 aromatic heterocycles. The van der Waals surface area contributed by atoms with Crippen molar-refractivity contribution in [2.45, 2.75) is 11.8 Å². The van der Waals surface area contributed by atoms with Gasteiger partial charge in [-0.15, -0.1) is 4.28 Å². The van der Waals surface area contributed by atoms with Gasteiger partial charge in [-0.25, -0.2) is 15.5 Å². The average molecular weight is 446 g/mol. The van der Waals surface area contributed by atoms with Crippen molar-refractivity contribution in [3.63, 3.8) is 0 Å². The minimum Gasteiger partial charge on any atom is -0.494 e. The van der Waals surface area contributed by atoms with Crippen molar-refractivity contribution in [3.8, 4) is 5.88 Å². The van der Waals surface area contributed by atoms with Gasteiger partial charge < -0.3 is 10.1 Å². The van der Waals surface area contributed by atoms with E-state index in [9.17, 15) is 13.5 Å². The molecule has 9 heteroatoms. The lowest BCUT2D eigenvalue weighted by molar-refractivity contribution is 0.390. The zero-order valence-electron chi connectivity index (χ0n) is 16.9. The minimum atomic E-state index is -4.12. The van der Waals surface area contributed by atoms with E-state index in [4.69, 9.17) is 4.28 Å². The van der Waals surface area contributed by atoms with Crippen LogP contribution in [0, 0.1) is 6.92 Å². The molecule has 8 nitrogen and oxygen atoms in total. The fourth-order valence-corrected chi connectivity index (χ4v) is 4.23. The SMILES string of the molecule is Cc1ccccc1NOS(=O)(=O)c1ccc2[nH]c(O)c(C=C3N=c4ccccc4=N3)c2c1. The fraction of sp³-hybridized carbons (Fsp3) is 0.0435. The molecule has 0 atom stereocenters. The number of nitrogens with zero attached hydrogens (tertiary/aromatic N) is 2. The van der Waals surface area contributed by atoms with Gasteiger partial charge in [0, 0.05) is 16.5 Å². The number of aromatic amines is 1. The highest BCUT2D eigenvalue weighted by molar-refractivity contribution is 7.86. The van der Waals surface area contributed by atoms with E-state index < -0.39 is 10.1 Å². The Morgan fingerprint density at radius 1 is 1.00 bits per heavy atom. The Morgan fingerprint density at radius 2 is 1.69 bits per heavy atom. The molecule has 2 heterocycles. The molecule has 0 bridgehead atoms. The molecule has 0 saturated heterocycles. The first-order valence-corrected chi connectivity index (χ1v) is 11.2. The summed E-state index contributed by atoms with van der Waals surface area (Å²) in [6.45, 7) is 1.84. The molecule has 1 aliphatic heterocycles. The summed E-state index contributed by atoms with van der Waals surface area (Å²) >= 11 is 0. The van der Waals surface area contributed by atoms with Crippen molar-refractivity contribution in [2.24, 2.45) is 9.98 Å². The molecule has 3 aromatic carbocycles. The Hall–Kier alpha value is -3.95. The van der Waals surface area contributed by atoms with Crippen molar-refractivity contribution in [2.75, 3.05) is 5.48 Å². The molecular formula is C23H18N4O4S. The minimum absolute atomic E-state index is 0.0617. The normalized spacial score (nSPS) is 12.8. The number of nitrogens with one attached hydrogen (secondary N) is 2. The van der Waals surface area contributed by atoms with E-state index in [1.165, 1.54) is 12.1 Å². The molecule has 0 spiro atoms. The highest BCUT2D eigenvalue weighted by atomic mass is 32.2. The highest BCUT2D eigenvalue weighted by Gasteiger charge is 2.19. The molecule has 0 radical (unpaired) electrons. The summed E-state index contributed by atoms with van der Waals surface area (Å²) < 4.78 is 30.6. The molecule has 0 amide bonds. The molecule has 3 N–H and O–H groups in total. The van der Waals surface area contributed by atoms with Crippen LogP contribution >= 0.6 is 0 Å². The van der Waals surface area contributed by atoms with Gasteiger partial charge in [0.25, 0.3) is 0 Å². The standard InChI is InChI=1S/C23H18N4O4S/c1-14-6-2-3-7-18(14)27-31-32(29,30)15-10-11-19-16(12-15)17(23(28)26-19)13-22-24-20-8-4-5-9-21(20)25-22/h2-13,26-28H,1H3. The third kappa shape index (κ3) is 3.64. The van der Waals surface area contributed by atoms with E-state index in [-0.39, 0.29) is 10.8 Å². The molecule has 0 aliphatic carbocycles. The Balaban J connectivity index is 1.51. The predicted octanol–water partition coefficient (Wildman–Crippen LogP) is 3.17. The Kier molecular flexibility index (Phi) is 4.76. The molecule has 5 rings (SSSR count). The second kappa shape index (κ2) is 7.63. The lowest BCUT2D eigenvalue weighted by Gasteiger charge is -2.09. The van der Waals surface area contributed by atoms with E-state index in [0.29, 0.717) is 28.0 Å². The van der Waals surface area contributed by atoms with Gasteiger partial charge >= 0.3 is 10.1 Å². The van der Waals surface area contributed by atoms with Crippen molar-refractivity contribution in [1.82, 2.24) is 4.98 Å². The quantitative estimate of drug-likeness (QED) is 0.407. The predicted molar refractivity (Wildman–Crippen MR) is 120 cm³/mol. The van der Waals surface area contributed by atoms with Gasteiger partial charge in [-0.05, 0) is 55.0 Å². The smallest absolute Gasteiger partial charge is 0.317 e. The Morgan fingerprint density at radius 3 is 2.41 bits per heavy atom. The fourth-order valence-electron chi connectivity index (χ4n) is 3.43. The Labute approximate surface area is 183 Å². The van der Waals surface area contributed by atoms with Gasteiger partial charge in [0.1, 0.15) is 0 Å². The summed E-state index contributed by atoms with van der Waals surface area (Å²) in [6.07, 6.45) is 1.61. The molecule has 1 aliphatic rings. The second-order valence-electron chi connectivity index (χ2n) is 7.26. The summed E-state index contributed by atoms with van der Waals surface area (Å²) in [6, 6.07) is 19.0. The molecule has 0 saturated carbocycles. The van der Waals surface area contributed by atoms with Crippen LogP contribution in [0.15, 0.2) is 87.4 Å². The van der Waals surface area contributed by atoms with Crippen LogP contribution in [0.5, 0.6) is 5.88 Å². The maximum Gasteiger partial charge on any atom is 0.317 e. The molecular weight excluding hydrogens is 428 g/mol. The number of fused-ring (bicyclic) bond motifs is 2. The first kappa shape index (κ1) is 20.0. The molecule has 4 aromatic rings. The number of hydrogen-bond donors (Lipinski definition) is 3. The highest BCUT2D eigenvalue weighted by Crippen LogP contribution is 2.32. The van der Waals surface area contributed by atoms with Crippen molar-refractivity contribution >= 4 is 32.8 Å². The first-order chi connectivity index (χ1) is 15.4. The van der Waals surface area contributed by atoms with Gasteiger partial charge in [0.05, 0.1) is 21.3 Å². The maximum atomic E-state index is 12.8. The van der Waals surface area contributed by atoms with Gasteiger partial charge in [-0.2, -0.15) is 8.42 Å². The summed E-state index contributed by atoms with van der Waals surface area (Å²) in [4.78, 5) is 11.6. The van der Waals surface area contributed by atoms with E-state index in [2.05, 4.69) is 20.4 Å². The zero-order valence-corrected chi connectivity index (χ0v) is 17.7. The summed E-state index contributed by atoms with van der Waals surface area (Å²) in [5.74, 6) is 0.301. The van der Waals surface area contributed by atoms with Gasteiger partial charge in [-0.1, -0.05) is 30.3 Å². The van der Waals surface area contributed by atoms with Crippen LogP contribution in [-0.2, 0) is 14.4 Å². The molecule has 0 unspecified atom stereocenters. The Bertz CT molecular complexity index is 1580. The summed E-state index contributed by atoms with van der Waals surface area (Å²) in [7, 11) is -4.12. The van der Waals surface area contributed by atoms with E-state index in [0.717, 1.165) is 16.3 Å². The largest absolute Gasteiger partial charge is 0.494 e. The zero-order chi connectivity index (χ0) is 22.3. The van der Waals surface area contributed by atoms with Crippen LogP contribution in [0.25, 0.3) is 17.0 Å². The number of aromatic hydroxyl groups is 1. The van der Waals surface area contributed by atoms with Gasteiger partial charge in [0.2, 0.25) is 0 Å². The van der Waals surface area contributed by atoms with Crippen LogP contribution in [0.4, 0.5) is 5.69 Å². The van der Waals surface area contributed by atoms with Crippen LogP contribution in [0.1, 0.15) is 11.1 Å². The molecule has 160 valence electrons. The van der Waals surface area contributed by atoms with Crippen molar-refractivity contribution < 1.29 is 17.8 Å². The summed E-state index contributed by atoms with van der Waals surface area (Å²) in [5, 5.41) is 12.4. The lowest BCUT2D eigenvalue weighted by Crippen LogP contribution is -2.19. The number of aryl methyl sites for hydroxylation is 1. The van der Waals surface area contributed by atoms with Gasteiger partial charge in [-0.3, -0.25) is 0 Å². The number of aromatic nitrogens is 1. The third-order valence-corrected chi connectivity index (χ3v) is 6.24. The van der Waals surface area contributed by atoms with E-state index >= 15 is 0 Å². The molecule has 0 fully saturated rings. The topological polar surface area (TPSA) is 116 Å². The van der Waals surface area contributed by atoms with Gasteiger partial charge in [0.15, 0.2) is 11.7 Å². The number of H-pyrrole nitrogens is 1. The summed E-state index contributed by atoms with van der Waals surface area (Å²) in [5.41, 5.74) is 4.84. The van der Waals surface area contributed by atoms with Crippen LogP contribution in [0.2, 0.25) is 0 Å². The van der Waals surface area contributed by atoms with Crippen LogP contribution in [0.3, 0.4) is 0 Å². The number of para-hydroxylation sites is 3. The average Bonchev–Trinajstić information content (AvgIpc) is 3.33. The first-order valence-electron chi connectivity index (χ1n) is 9.75. The van der Waals surface area contributed by atoms with Crippen LogP contribution < -0.4 is 16.2 Å². The van der Waals surface area contributed by atoms with E-state index in [1.807, 2.05) is 43.3 Å². The number of rotatable bonds is 5. The third-order valence-electron chi connectivity index (χ3n) is 5.11. The van der Waals surface area contributed by atoms with Crippen molar-refractivity contribution in [3.05, 3.63) is 94.4 Å². The number of benzene rings is 3. The van der Waals surface area contributed by atoms with Crippen molar-refractivity contribution in [1.29, 1.82) is 0 Å². The van der Waals surface area contributed by atoms with Crippen LogP contribution in [-0.4, -0.2) is 18.5 Å².